The molecule has 1 aromatic carbocycles. The first-order valence-electron chi connectivity index (χ1n) is 8.86. The van der Waals surface area contributed by atoms with Gasteiger partial charge in [0.15, 0.2) is 6.04 Å². The molecule has 2 unspecified atom stereocenters. The molecule has 0 bridgehead atoms. The van der Waals surface area contributed by atoms with E-state index in [-0.39, 0.29) is 17.7 Å². The van der Waals surface area contributed by atoms with E-state index in [0.717, 1.165) is 5.56 Å². The Bertz CT molecular complexity index is 689. The second-order valence-corrected chi connectivity index (χ2v) is 6.96. The smallest absolute Gasteiger partial charge is 0.331 e. The molecule has 7 nitrogen and oxygen atoms in total. The van der Waals surface area contributed by atoms with Crippen LogP contribution in [-0.2, 0) is 20.8 Å². The zero-order chi connectivity index (χ0) is 19.4. The van der Waals surface area contributed by atoms with Gasteiger partial charge in [-0.05, 0) is 37.4 Å². The van der Waals surface area contributed by atoms with Crippen molar-refractivity contribution < 1.29 is 19.5 Å². The summed E-state index contributed by atoms with van der Waals surface area (Å²) in [6.45, 7) is 5.68. The van der Waals surface area contributed by atoms with Crippen molar-refractivity contribution in [1.82, 2.24) is 15.5 Å². The number of carboxylic acid groups (broad SMARTS) is 1. The van der Waals surface area contributed by atoms with Gasteiger partial charge in [-0.15, -0.1) is 0 Å². The molecule has 3 atom stereocenters. The third-order valence-corrected chi connectivity index (χ3v) is 4.86. The number of hydrogen-bond donors (Lipinski definition) is 3. The third-order valence-electron chi connectivity index (χ3n) is 4.86. The van der Waals surface area contributed by atoms with Crippen LogP contribution in [0, 0.1) is 5.92 Å². The molecule has 0 aromatic heterocycles. The molecular formula is C19H27N3O4. The van der Waals surface area contributed by atoms with Crippen LogP contribution in [0.1, 0.15) is 37.9 Å². The maximum atomic E-state index is 13.1. The second-order valence-electron chi connectivity index (χ2n) is 6.96. The molecule has 26 heavy (non-hydrogen) atoms. The molecule has 0 radical (unpaired) electrons. The van der Waals surface area contributed by atoms with Crippen LogP contribution in [0.3, 0.4) is 0 Å². The number of carboxylic acids is 1. The van der Waals surface area contributed by atoms with Crippen molar-refractivity contribution in [3.05, 3.63) is 35.4 Å². The van der Waals surface area contributed by atoms with Crippen LogP contribution in [0.25, 0.3) is 0 Å². The molecule has 1 aromatic rings. The van der Waals surface area contributed by atoms with Crippen LogP contribution < -0.4 is 10.6 Å². The highest BCUT2D eigenvalue weighted by molar-refractivity contribution is 5.92. The molecule has 0 saturated carbocycles. The number of carbonyl (C=O) groups excluding carboxylic acids is 2. The van der Waals surface area contributed by atoms with Gasteiger partial charge in [0.1, 0.15) is 6.04 Å². The monoisotopic (exact) mass is 361 g/mol. The summed E-state index contributed by atoms with van der Waals surface area (Å²) in [4.78, 5) is 38.7. The number of benzene rings is 1. The van der Waals surface area contributed by atoms with Crippen LogP contribution in [-0.4, -0.2) is 53.5 Å². The Morgan fingerprint density at radius 1 is 1.19 bits per heavy atom. The Labute approximate surface area is 153 Å². The number of likely N-dealkylation sites (N-methyl/N-ethyl adjacent to an activating group) is 1. The van der Waals surface area contributed by atoms with Crippen molar-refractivity contribution in [2.45, 2.75) is 45.3 Å². The molecule has 3 N–H and O–H groups in total. The maximum absolute atomic E-state index is 13.1. The number of aliphatic carboxylic acids is 1. The van der Waals surface area contributed by atoms with E-state index in [1.54, 1.807) is 26.1 Å². The molecule has 2 rings (SSSR count). The van der Waals surface area contributed by atoms with Crippen molar-refractivity contribution in [2.75, 3.05) is 13.6 Å². The van der Waals surface area contributed by atoms with Crippen molar-refractivity contribution in [3.63, 3.8) is 0 Å². The van der Waals surface area contributed by atoms with Gasteiger partial charge in [0.05, 0.1) is 6.04 Å². The summed E-state index contributed by atoms with van der Waals surface area (Å²) < 4.78 is 0. The summed E-state index contributed by atoms with van der Waals surface area (Å²) in [5.41, 5.74) is 1.58. The first-order valence-corrected chi connectivity index (χ1v) is 8.86. The van der Waals surface area contributed by atoms with Crippen molar-refractivity contribution >= 4 is 17.8 Å². The SMILES string of the molecule is CNC(C)C(=O)NC(C(=O)N1CCc2ccccc2[C@H]1C(=O)O)C(C)C. The topological polar surface area (TPSA) is 98.7 Å². The Morgan fingerprint density at radius 2 is 1.85 bits per heavy atom. The van der Waals surface area contributed by atoms with Crippen LogP contribution >= 0.6 is 0 Å². The summed E-state index contributed by atoms with van der Waals surface area (Å²) in [6, 6.07) is 5.03. The van der Waals surface area contributed by atoms with E-state index in [9.17, 15) is 19.5 Å². The van der Waals surface area contributed by atoms with Crippen LogP contribution in [0.2, 0.25) is 0 Å². The molecular weight excluding hydrogens is 334 g/mol. The molecule has 0 spiro atoms. The average molecular weight is 361 g/mol. The summed E-state index contributed by atoms with van der Waals surface area (Å²) in [5.74, 6) is -1.88. The van der Waals surface area contributed by atoms with Gasteiger partial charge in [-0.1, -0.05) is 38.1 Å². The lowest BCUT2D eigenvalue weighted by molar-refractivity contribution is -0.153. The predicted molar refractivity (Wildman–Crippen MR) is 97.5 cm³/mol. The summed E-state index contributed by atoms with van der Waals surface area (Å²) in [6.07, 6.45) is 0.595. The van der Waals surface area contributed by atoms with E-state index in [2.05, 4.69) is 10.6 Å². The van der Waals surface area contributed by atoms with E-state index >= 15 is 0 Å². The zero-order valence-corrected chi connectivity index (χ0v) is 15.7. The summed E-state index contributed by atoms with van der Waals surface area (Å²) in [7, 11) is 1.67. The minimum Gasteiger partial charge on any atom is -0.479 e. The number of carbonyl (C=O) groups is 3. The minimum absolute atomic E-state index is 0.165. The van der Waals surface area contributed by atoms with Gasteiger partial charge >= 0.3 is 5.97 Å². The number of hydrogen-bond acceptors (Lipinski definition) is 4. The van der Waals surface area contributed by atoms with Gasteiger partial charge in [0.25, 0.3) is 0 Å². The number of fused-ring (bicyclic) bond motifs is 1. The molecule has 142 valence electrons. The number of nitrogens with one attached hydrogen (secondary N) is 2. The first kappa shape index (κ1) is 19.9. The van der Waals surface area contributed by atoms with Crippen molar-refractivity contribution in [1.29, 1.82) is 0 Å². The first-order chi connectivity index (χ1) is 12.3. The summed E-state index contributed by atoms with van der Waals surface area (Å²) in [5, 5.41) is 15.3. The Hall–Kier alpha value is -2.41. The third kappa shape index (κ3) is 4.04. The van der Waals surface area contributed by atoms with Crippen LogP contribution in [0.15, 0.2) is 24.3 Å². The Balaban J connectivity index is 2.30. The normalized spacial score (nSPS) is 18.8. The highest BCUT2D eigenvalue weighted by Gasteiger charge is 2.39. The Kier molecular flexibility index (Phi) is 6.37. The van der Waals surface area contributed by atoms with Gasteiger partial charge in [0.2, 0.25) is 11.8 Å². The second kappa shape index (κ2) is 8.31. The zero-order valence-electron chi connectivity index (χ0n) is 15.7. The molecule has 2 amide bonds. The van der Waals surface area contributed by atoms with Gasteiger partial charge < -0.3 is 20.6 Å². The highest BCUT2D eigenvalue weighted by Crippen LogP contribution is 2.31. The fourth-order valence-electron chi connectivity index (χ4n) is 3.17. The predicted octanol–water partition coefficient (Wildman–Crippen LogP) is 0.946. The standard InChI is InChI=1S/C19H27N3O4/c1-11(2)15(21-17(23)12(3)20-4)18(24)22-10-9-13-7-5-6-8-14(13)16(22)19(25)26/h5-8,11-12,15-16,20H,9-10H2,1-4H3,(H,21,23)(H,25,26)/t12?,15?,16-/m0/s1. The quantitative estimate of drug-likeness (QED) is 0.701. The van der Waals surface area contributed by atoms with E-state index in [1.807, 2.05) is 26.0 Å². The fraction of sp³-hybridized carbons (Fsp3) is 0.526. The molecule has 0 saturated heterocycles. The number of rotatable bonds is 6. The highest BCUT2D eigenvalue weighted by atomic mass is 16.4. The minimum atomic E-state index is -1.07. The largest absolute Gasteiger partial charge is 0.479 e. The van der Waals surface area contributed by atoms with Crippen molar-refractivity contribution in [3.8, 4) is 0 Å². The average Bonchev–Trinajstić information content (AvgIpc) is 2.63. The lowest BCUT2D eigenvalue weighted by atomic mass is 9.91. The molecule has 7 heteroatoms. The van der Waals surface area contributed by atoms with Gasteiger partial charge in [0, 0.05) is 6.54 Å². The van der Waals surface area contributed by atoms with Crippen LogP contribution in [0.5, 0.6) is 0 Å². The van der Waals surface area contributed by atoms with Gasteiger partial charge in [-0.25, -0.2) is 4.79 Å². The lowest BCUT2D eigenvalue weighted by Crippen LogP contribution is -2.56. The van der Waals surface area contributed by atoms with Gasteiger partial charge in [-0.3, -0.25) is 9.59 Å². The number of nitrogens with zero attached hydrogens (tertiary/aromatic N) is 1. The lowest BCUT2D eigenvalue weighted by Gasteiger charge is -2.38. The molecule has 1 heterocycles. The Morgan fingerprint density at radius 3 is 2.42 bits per heavy atom. The molecule has 0 aliphatic carbocycles. The van der Waals surface area contributed by atoms with E-state index < -0.39 is 24.1 Å². The van der Waals surface area contributed by atoms with E-state index in [4.69, 9.17) is 0 Å². The maximum Gasteiger partial charge on any atom is 0.331 e. The van der Waals surface area contributed by atoms with Gasteiger partial charge in [-0.2, -0.15) is 0 Å². The molecule has 1 aliphatic rings. The summed E-state index contributed by atoms with van der Waals surface area (Å²) >= 11 is 0. The van der Waals surface area contributed by atoms with Crippen LogP contribution in [0.4, 0.5) is 0 Å². The van der Waals surface area contributed by atoms with E-state index in [0.29, 0.717) is 18.5 Å². The van der Waals surface area contributed by atoms with E-state index in [1.165, 1.54) is 4.90 Å². The fourth-order valence-corrected chi connectivity index (χ4v) is 3.17. The number of amides is 2. The molecule has 1 aliphatic heterocycles. The van der Waals surface area contributed by atoms with Crippen molar-refractivity contribution in [2.24, 2.45) is 5.92 Å². The molecule has 0 fully saturated rings.